The second-order valence-corrected chi connectivity index (χ2v) is 4.62. The van der Waals surface area contributed by atoms with Crippen molar-refractivity contribution in [2.75, 3.05) is 32.6 Å². The van der Waals surface area contributed by atoms with E-state index in [1.54, 1.807) is 0 Å². The van der Waals surface area contributed by atoms with Crippen LogP contribution in [0.2, 0.25) is 5.28 Å². The van der Waals surface area contributed by atoms with Crippen LogP contribution in [0, 0.1) is 0 Å². The molecule has 1 aromatic rings. The average Bonchev–Trinajstić information content (AvgIpc) is 2.26. The lowest BCUT2D eigenvalue weighted by Crippen LogP contribution is -2.24. The van der Waals surface area contributed by atoms with Gasteiger partial charge >= 0.3 is 6.01 Å². The number of aromatic nitrogens is 3. The molecule has 0 aliphatic carbocycles. The quantitative estimate of drug-likeness (QED) is 0.815. The van der Waals surface area contributed by atoms with E-state index in [0.717, 1.165) is 13.0 Å². The van der Waals surface area contributed by atoms with Gasteiger partial charge in [0.15, 0.2) is 0 Å². The number of halogens is 1. The van der Waals surface area contributed by atoms with E-state index in [1.807, 2.05) is 21.0 Å². The van der Waals surface area contributed by atoms with Crippen molar-refractivity contribution in [2.45, 2.75) is 26.3 Å². The van der Waals surface area contributed by atoms with Crippen LogP contribution in [0.1, 0.15) is 20.3 Å². The van der Waals surface area contributed by atoms with Gasteiger partial charge in [-0.2, -0.15) is 15.0 Å². The molecule has 0 saturated heterocycles. The summed E-state index contributed by atoms with van der Waals surface area (Å²) in [5.74, 6) is 0.449. The maximum atomic E-state index is 5.81. The van der Waals surface area contributed by atoms with Crippen LogP contribution in [0.3, 0.4) is 0 Å². The number of nitrogens with zero attached hydrogens (tertiary/aromatic N) is 4. The van der Waals surface area contributed by atoms with E-state index in [9.17, 15) is 0 Å². The van der Waals surface area contributed by atoms with Gasteiger partial charge in [0.25, 0.3) is 0 Å². The van der Waals surface area contributed by atoms with Crippen LogP contribution in [0.15, 0.2) is 0 Å². The Hall–Kier alpha value is -1.14. The number of rotatable bonds is 7. The molecule has 18 heavy (non-hydrogen) atoms. The van der Waals surface area contributed by atoms with Gasteiger partial charge in [-0.3, -0.25) is 0 Å². The fourth-order valence-corrected chi connectivity index (χ4v) is 1.49. The Labute approximate surface area is 113 Å². The fraction of sp³-hybridized carbons (Fsp3) is 0.727. The van der Waals surface area contributed by atoms with E-state index >= 15 is 0 Å². The first-order valence-corrected chi connectivity index (χ1v) is 6.34. The highest BCUT2D eigenvalue weighted by Gasteiger charge is 2.09. The average molecular weight is 274 g/mol. The highest BCUT2D eigenvalue weighted by molar-refractivity contribution is 6.28. The van der Waals surface area contributed by atoms with Gasteiger partial charge in [0, 0.05) is 6.04 Å². The Morgan fingerprint density at radius 1 is 1.33 bits per heavy atom. The van der Waals surface area contributed by atoms with Crippen molar-refractivity contribution in [1.82, 2.24) is 19.9 Å². The molecule has 1 aromatic heterocycles. The normalized spacial score (nSPS) is 12.6. The molecular weight excluding hydrogens is 254 g/mol. The third kappa shape index (κ3) is 5.46. The summed E-state index contributed by atoms with van der Waals surface area (Å²) < 4.78 is 5.21. The van der Waals surface area contributed by atoms with Gasteiger partial charge in [0.2, 0.25) is 11.2 Å². The monoisotopic (exact) mass is 273 g/mol. The number of nitrogens with one attached hydrogen (secondary N) is 1. The van der Waals surface area contributed by atoms with Gasteiger partial charge in [-0.25, -0.2) is 0 Å². The first-order chi connectivity index (χ1) is 8.51. The molecule has 0 saturated carbocycles. The summed E-state index contributed by atoms with van der Waals surface area (Å²) in [5.41, 5.74) is 0. The molecule has 0 fully saturated rings. The predicted molar refractivity (Wildman–Crippen MR) is 72.3 cm³/mol. The molecule has 1 heterocycles. The Bertz CT molecular complexity index is 374. The minimum absolute atomic E-state index is 0.135. The van der Waals surface area contributed by atoms with Crippen molar-refractivity contribution in [3.63, 3.8) is 0 Å². The van der Waals surface area contributed by atoms with Crippen LogP contribution < -0.4 is 10.1 Å². The standard InChI is InChI=1S/C11H20ClN5O/c1-5-18-11-15-9(12)14-10(16-11)13-8(2)6-7-17(3)4/h8H,5-7H2,1-4H3,(H,13,14,15,16). The van der Waals surface area contributed by atoms with E-state index in [0.29, 0.717) is 12.6 Å². The van der Waals surface area contributed by atoms with Crippen LogP contribution in [-0.2, 0) is 0 Å². The minimum Gasteiger partial charge on any atom is -0.464 e. The molecule has 0 spiro atoms. The third-order valence-electron chi connectivity index (χ3n) is 2.25. The SMILES string of the molecule is CCOc1nc(Cl)nc(NC(C)CCN(C)C)n1. The zero-order valence-corrected chi connectivity index (χ0v) is 12.0. The highest BCUT2D eigenvalue weighted by Crippen LogP contribution is 2.12. The molecule has 1 unspecified atom stereocenters. The molecule has 7 heteroatoms. The minimum atomic E-state index is 0.135. The van der Waals surface area contributed by atoms with Crippen LogP contribution in [-0.4, -0.2) is 53.1 Å². The molecule has 1 N–H and O–H groups in total. The van der Waals surface area contributed by atoms with Crippen molar-refractivity contribution >= 4 is 17.5 Å². The third-order valence-corrected chi connectivity index (χ3v) is 2.41. The number of ether oxygens (including phenoxy) is 1. The lowest BCUT2D eigenvalue weighted by atomic mass is 10.2. The fourth-order valence-electron chi connectivity index (χ4n) is 1.33. The molecule has 1 atom stereocenters. The second kappa shape index (κ2) is 7.33. The number of hydrogen-bond acceptors (Lipinski definition) is 6. The summed E-state index contributed by atoms with van der Waals surface area (Å²) in [6.45, 7) is 5.42. The molecule has 1 rings (SSSR count). The molecule has 0 aromatic carbocycles. The van der Waals surface area contributed by atoms with Crippen molar-refractivity contribution in [1.29, 1.82) is 0 Å². The van der Waals surface area contributed by atoms with Crippen molar-refractivity contribution < 1.29 is 4.74 Å². The lowest BCUT2D eigenvalue weighted by molar-refractivity contribution is 0.311. The topological polar surface area (TPSA) is 63.2 Å². The first kappa shape index (κ1) is 14.9. The van der Waals surface area contributed by atoms with E-state index < -0.39 is 0 Å². The van der Waals surface area contributed by atoms with Gasteiger partial charge in [-0.1, -0.05) is 0 Å². The van der Waals surface area contributed by atoms with Gasteiger partial charge in [0.1, 0.15) is 0 Å². The van der Waals surface area contributed by atoms with E-state index in [1.165, 1.54) is 0 Å². The Morgan fingerprint density at radius 2 is 2.06 bits per heavy atom. The highest BCUT2D eigenvalue weighted by atomic mass is 35.5. The summed E-state index contributed by atoms with van der Waals surface area (Å²) >= 11 is 5.81. The summed E-state index contributed by atoms with van der Waals surface area (Å²) in [5, 5.41) is 3.32. The van der Waals surface area contributed by atoms with Crippen molar-refractivity contribution in [2.24, 2.45) is 0 Å². The Kier molecular flexibility index (Phi) is 6.07. The predicted octanol–water partition coefficient (Wildman–Crippen LogP) is 1.68. The summed E-state index contributed by atoms with van der Waals surface area (Å²) in [4.78, 5) is 14.2. The zero-order valence-electron chi connectivity index (χ0n) is 11.3. The number of anilines is 1. The Balaban J connectivity index is 2.60. The largest absolute Gasteiger partial charge is 0.464 e. The molecule has 0 radical (unpaired) electrons. The zero-order chi connectivity index (χ0) is 13.5. The molecule has 6 nitrogen and oxygen atoms in total. The van der Waals surface area contributed by atoms with Crippen LogP contribution in [0.25, 0.3) is 0 Å². The lowest BCUT2D eigenvalue weighted by Gasteiger charge is -2.16. The first-order valence-electron chi connectivity index (χ1n) is 5.97. The van der Waals surface area contributed by atoms with Crippen LogP contribution in [0.5, 0.6) is 6.01 Å². The van der Waals surface area contributed by atoms with Gasteiger partial charge in [-0.05, 0) is 52.5 Å². The van der Waals surface area contributed by atoms with E-state index in [-0.39, 0.29) is 17.3 Å². The summed E-state index contributed by atoms with van der Waals surface area (Å²) in [6.07, 6.45) is 0.986. The Morgan fingerprint density at radius 3 is 2.67 bits per heavy atom. The maximum absolute atomic E-state index is 5.81. The molecule has 102 valence electrons. The van der Waals surface area contributed by atoms with Gasteiger partial charge in [-0.15, -0.1) is 0 Å². The molecular formula is C11H20ClN5O. The van der Waals surface area contributed by atoms with E-state index in [4.69, 9.17) is 16.3 Å². The molecule has 0 aliphatic heterocycles. The maximum Gasteiger partial charge on any atom is 0.322 e. The molecule has 0 bridgehead atoms. The molecule has 0 amide bonds. The van der Waals surface area contributed by atoms with Gasteiger partial charge in [0.05, 0.1) is 6.61 Å². The van der Waals surface area contributed by atoms with Crippen molar-refractivity contribution in [3.8, 4) is 6.01 Å². The molecule has 0 aliphatic rings. The number of hydrogen-bond donors (Lipinski definition) is 1. The summed E-state index contributed by atoms with van der Waals surface area (Å²) in [7, 11) is 4.08. The second-order valence-electron chi connectivity index (χ2n) is 4.28. The van der Waals surface area contributed by atoms with Gasteiger partial charge < -0.3 is 15.0 Å². The van der Waals surface area contributed by atoms with Crippen LogP contribution in [0.4, 0.5) is 5.95 Å². The van der Waals surface area contributed by atoms with Crippen molar-refractivity contribution in [3.05, 3.63) is 5.28 Å². The van der Waals surface area contributed by atoms with E-state index in [2.05, 4.69) is 32.1 Å². The van der Waals surface area contributed by atoms with Crippen LogP contribution >= 0.6 is 11.6 Å². The summed E-state index contributed by atoms with van der Waals surface area (Å²) in [6, 6.07) is 0.500. The smallest absolute Gasteiger partial charge is 0.322 e.